The van der Waals surface area contributed by atoms with Crippen molar-refractivity contribution >= 4 is 5.95 Å². The molecule has 0 aliphatic carbocycles. The number of rotatable bonds is 1. The van der Waals surface area contributed by atoms with Crippen molar-refractivity contribution in [3.8, 4) is 0 Å². The molecule has 1 rings (SSSR count). The number of imidazole rings is 1. The van der Waals surface area contributed by atoms with Crippen molar-refractivity contribution < 1.29 is 24.4 Å². The molecule has 5 nitrogen and oxygen atoms in total. The summed E-state index contributed by atoms with van der Waals surface area (Å²) in [7, 11) is 0. The van der Waals surface area contributed by atoms with Crippen LogP contribution < -0.4 is 0 Å². The first-order chi connectivity index (χ1) is 3.80. The molecule has 9 heavy (non-hydrogen) atoms. The van der Waals surface area contributed by atoms with E-state index in [9.17, 15) is 10.1 Å². The van der Waals surface area contributed by atoms with Gasteiger partial charge in [0.15, 0.2) is 0 Å². The molecule has 0 aliphatic rings. The van der Waals surface area contributed by atoms with Gasteiger partial charge in [-0.15, -0.1) is 0 Å². The predicted octanol–water partition coefficient (Wildman–Crippen LogP) is 0.315. The van der Waals surface area contributed by atoms with Gasteiger partial charge in [-0.1, -0.05) is 4.98 Å². The molecule has 0 bridgehead atoms. The van der Waals surface area contributed by atoms with E-state index in [1.807, 2.05) is 0 Å². The molecule has 1 heterocycles. The Labute approximate surface area is 63.4 Å². The molecule has 0 saturated heterocycles. The summed E-state index contributed by atoms with van der Waals surface area (Å²) in [5, 5.41) is 9.77. The predicted molar refractivity (Wildman–Crippen MR) is 25.2 cm³/mol. The zero-order valence-electron chi connectivity index (χ0n) is 4.57. The summed E-state index contributed by atoms with van der Waals surface area (Å²) in [6.07, 6.45) is 2.73. The van der Waals surface area contributed by atoms with Crippen LogP contribution in [0.2, 0.25) is 0 Å². The SMILES string of the molecule is O=[N+]([O-])c1ncc[nH]1.[Zn]. The first-order valence-electron chi connectivity index (χ1n) is 1.94. The standard InChI is InChI=1S/C3H3N3O2.Zn/c7-6(8)3-4-1-2-5-3;/h1-2H,(H,4,5);. The molecule has 6 heteroatoms. The van der Waals surface area contributed by atoms with Crippen molar-refractivity contribution in [2.24, 2.45) is 0 Å². The van der Waals surface area contributed by atoms with Crippen LogP contribution in [-0.4, -0.2) is 14.9 Å². The fourth-order valence-corrected chi connectivity index (χ4v) is 0.357. The van der Waals surface area contributed by atoms with Gasteiger partial charge >= 0.3 is 5.95 Å². The molecule has 0 radical (unpaired) electrons. The third-order valence-corrected chi connectivity index (χ3v) is 0.657. The fourth-order valence-electron chi connectivity index (χ4n) is 0.357. The largest absolute Gasteiger partial charge is 0.432 e. The third kappa shape index (κ3) is 1.89. The van der Waals surface area contributed by atoms with Gasteiger partial charge in [-0.05, 0) is 4.92 Å². The van der Waals surface area contributed by atoms with Crippen LogP contribution in [0.4, 0.5) is 5.95 Å². The van der Waals surface area contributed by atoms with Crippen molar-refractivity contribution in [1.29, 1.82) is 0 Å². The van der Waals surface area contributed by atoms with Crippen LogP contribution in [0.3, 0.4) is 0 Å². The number of hydrogen-bond donors (Lipinski definition) is 1. The van der Waals surface area contributed by atoms with E-state index >= 15 is 0 Å². The number of nitrogens with zero attached hydrogens (tertiary/aromatic N) is 2. The van der Waals surface area contributed by atoms with Gasteiger partial charge < -0.3 is 10.1 Å². The van der Waals surface area contributed by atoms with E-state index in [2.05, 4.69) is 9.97 Å². The Morgan fingerprint density at radius 1 is 1.78 bits per heavy atom. The van der Waals surface area contributed by atoms with Crippen molar-refractivity contribution in [3.63, 3.8) is 0 Å². The monoisotopic (exact) mass is 177 g/mol. The Morgan fingerprint density at radius 2 is 2.44 bits per heavy atom. The van der Waals surface area contributed by atoms with Gasteiger partial charge in [0.25, 0.3) is 0 Å². The van der Waals surface area contributed by atoms with E-state index in [1.165, 1.54) is 12.4 Å². The molecule has 1 N–H and O–H groups in total. The van der Waals surface area contributed by atoms with Gasteiger partial charge in [-0.2, -0.15) is 0 Å². The zero-order valence-corrected chi connectivity index (χ0v) is 7.54. The number of aromatic amines is 1. The third-order valence-electron chi connectivity index (χ3n) is 0.657. The number of aromatic nitrogens is 2. The van der Waals surface area contributed by atoms with Gasteiger partial charge in [0.1, 0.15) is 6.20 Å². The Kier molecular flexibility index (Phi) is 3.02. The maximum Gasteiger partial charge on any atom is 0.432 e. The van der Waals surface area contributed by atoms with E-state index in [0.717, 1.165) is 0 Å². The molecular formula is C3H3N3O2Zn. The van der Waals surface area contributed by atoms with Crippen LogP contribution in [0.15, 0.2) is 12.4 Å². The quantitative estimate of drug-likeness (QED) is 0.382. The molecule has 0 spiro atoms. The average Bonchev–Trinajstić information content (AvgIpc) is 2.12. The van der Waals surface area contributed by atoms with E-state index in [-0.39, 0.29) is 25.4 Å². The van der Waals surface area contributed by atoms with Gasteiger partial charge in [0.05, 0.1) is 6.20 Å². The normalized spacial score (nSPS) is 8.00. The first-order valence-corrected chi connectivity index (χ1v) is 1.94. The summed E-state index contributed by atoms with van der Waals surface area (Å²) in [6, 6.07) is 0. The smallest absolute Gasteiger partial charge is 0.390 e. The summed E-state index contributed by atoms with van der Waals surface area (Å²) in [5.41, 5.74) is 0. The maximum atomic E-state index is 9.77. The summed E-state index contributed by atoms with van der Waals surface area (Å²) < 4.78 is 0. The minimum absolute atomic E-state index is 0. The van der Waals surface area contributed by atoms with Crippen LogP contribution >= 0.6 is 0 Å². The molecule has 1 aromatic heterocycles. The van der Waals surface area contributed by atoms with E-state index < -0.39 is 4.92 Å². The summed E-state index contributed by atoms with van der Waals surface area (Å²) in [4.78, 5) is 14.9. The van der Waals surface area contributed by atoms with Crippen LogP contribution in [0.25, 0.3) is 0 Å². The molecule has 0 aliphatic heterocycles. The summed E-state index contributed by atoms with van der Waals surface area (Å²) in [5.74, 6) is -0.218. The van der Waals surface area contributed by atoms with Crippen LogP contribution in [0.1, 0.15) is 0 Å². The molecule has 0 unspecified atom stereocenters. The number of H-pyrrole nitrogens is 1. The van der Waals surface area contributed by atoms with Crippen LogP contribution in [0.5, 0.6) is 0 Å². The van der Waals surface area contributed by atoms with Crippen molar-refractivity contribution in [3.05, 3.63) is 22.5 Å². The maximum absolute atomic E-state index is 9.77. The van der Waals surface area contributed by atoms with Crippen LogP contribution in [-0.2, 0) is 19.5 Å². The molecule has 0 saturated carbocycles. The van der Waals surface area contributed by atoms with E-state index in [0.29, 0.717) is 0 Å². The minimum Gasteiger partial charge on any atom is -0.390 e. The van der Waals surface area contributed by atoms with E-state index in [4.69, 9.17) is 0 Å². The minimum atomic E-state index is -0.583. The first kappa shape index (κ1) is 8.23. The summed E-state index contributed by atoms with van der Waals surface area (Å²) in [6.45, 7) is 0. The van der Waals surface area contributed by atoms with Gasteiger partial charge in [0.2, 0.25) is 0 Å². The second kappa shape index (κ2) is 3.30. The molecule has 1 aromatic rings. The Balaban J connectivity index is 0.000000640. The number of nitro groups is 1. The topological polar surface area (TPSA) is 71.8 Å². The number of hydrogen-bond acceptors (Lipinski definition) is 3. The summed E-state index contributed by atoms with van der Waals surface area (Å²) >= 11 is 0. The van der Waals surface area contributed by atoms with Crippen LogP contribution in [0, 0.1) is 10.1 Å². The fraction of sp³-hybridized carbons (Fsp3) is 0. The molecule has 0 atom stereocenters. The van der Waals surface area contributed by atoms with Crippen molar-refractivity contribution in [2.75, 3.05) is 0 Å². The molecule has 0 fully saturated rings. The molecule has 0 aromatic carbocycles. The number of nitrogens with one attached hydrogen (secondary N) is 1. The van der Waals surface area contributed by atoms with E-state index in [1.54, 1.807) is 0 Å². The second-order valence-corrected chi connectivity index (χ2v) is 1.17. The second-order valence-electron chi connectivity index (χ2n) is 1.17. The molecular weight excluding hydrogens is 175 g/mol. The van der Waals surface area contributed by atoms with Crippen molar-refractivity contribution in [2.45, 2.75) is 0 Å². The Bertz CT molecular complexity index is 185. The van der Waals surface area contributed by atoms with Crippen molar-refractivity contribution in [1.82, 2.24) is 9.97 Å². The average molecular weight is 178 g/mol. The molecule has 44 valence electrons. The van der Waals surface area contributed by atoms with Gasteiger partial charge in [-0.25, -0.2) is 4.98 Å². The zero-order chi connectivity index (χ0) is 5.98. The molecule has 0 amide bonds. The Hall–Kier alpha value is -0.767. The van der Waals surface area contributed by atoms with Gasteiger partial charge in [0, 0.05) is 19.5 Å². The van der Waals surface area contributed by atoms with Gasteiger partial charge in [-0.3, -0.25) is 0 Å². The Morgan fingerprint density at radius 3 is 2.67 bits per heavy atom.